The van der Waals surface area contributed by atoms with Gasteiger partial charge in [-0.1, -0.05) is 0 Å². The Morgan fingerprint density at radius 1 is 1.47 bits per heavy atom. The van der Waals surface area contributed by atoms with Crippen LogP contribution in [0.5, 0.6) is 0 Å². The van der Waals surface area contributed by atoms with Gasteiger partial charge in [0.05, 0.1) is 12.8 Å². The molecule has 0 aromatic carbocycles. The van der Waals surface area contributed by atoms with Crippen molar-refractivity contribution in [2.75, 3.05) is 7.11 Å². The van der Waals surface area contributed by atoms with Gasteiger partial charge in [-0.15, -0.1) is 0 Å². The molecule has 0 radical (unpaired) electrons. The number of ether oxygens (including phenoxy) is 2. The van der Waals surface area contributed by atoms with Gasteiger partial charge in [0.15, 0.2) is 6.39 Å². The van der Waals surface area contributed by atoms with Gasteiger partial charge in [0, 0.05) is 6.42 Å². The molecule has 0 aliphatic rings. The zero-order valence-corrected chi connectivity index (χ0v) is 11.4. The molecule has 7 nitrogen and oxygen atoms in total. The van der Waals surface area contributed by atoms with E-state index in [0.29, 0.717) is 5.69 Å². The van der Waals surface area contributed by atoms with Gasteiger partial charge in [0.1, 0.15) is 17.9 Å². The minimum atomic E-state index is -0.870. The molecule has 0 spiro atoms. The standard InChI is InChI=1S/C12H18N2O5/c1-12(2,3)19-11(16)14-9(10(15)17-4)5-8-6-18-7-13-8/h6-7,9H,5H2,1-4H3,(H,14,16). The van der Waals surface area contributed by atoms with Crippen LogP contribution in [0.2, 0.25) is 0 Å². The van der Waals surface area contributed by atoms with Crippen LogP contribution < -0.4 is 5.32 Å². The van der Waals surface area contributed by atoms with Crippen LogP contribution in [-0.4, -0.2) is 35.8 Å². The second kappa shape index (κ2) is 6.21. The summed E-state index contributed by atoms with van der Waals surface area (Å²) < 4.78 is 14.5. The third-order valence-corrected chi connectivity index (χ3v) is 2.07. The molecule has 0 aliphatic carbocycles. The summed E-state index contributed by atoms with van der Waals surface area (Å²) in [5, 5.41) is 2.45. The molecule has 19 heavy (non-hydrogen) atoms. The summed E-state index contributed by atoms with van der Waals surface area (Å²) in [4.78, 5) is 27.1. The van der Waals surface area contributed by atoms with E-state index in [1.807, 2.05) is 0 Å². The van der Waals surface area contributed by atoms with Crippen molar-refractivity contribution in [3.05, 3.63) is 18.4 Å². The summed E-state index contributed by atoms with van der Waals surface area (Å²) in [6, 6.07) is -0.870. The summed E-state index contributed by atoms with van der Waals surface area (Å²) in [5.74, 6) is -0.575. The van der Waals surface area contributed by atoms with E-state index >= 15 is 0 Å². The van der Waals surface area contributed by atoms with Crippen LogP contribution in [-0.2, 0) is 20.7 Å². The second-order valence-electron chi connectivity index (χ2n) is 4.91. The highest BCUT2D eigenvalue weighted by molar-refractivity contribution is 5.81. The monoisotopic (exact) mass is 270 g/mol. The number of hydrogen-bond donors (Lipinski definition) is 1. The molecule has 0 saturated carbocycles. The lowest BCUT2D eigenvalue weighted by Crippen LogP contribution is -2.45. The lowest BCUT2D eigenvalue weighted by atomic mass is 10.1. The number of oxazole rings is 1. The molecular weight excluding hydrogens is 252 g/mol. The highest BCUT2D eigenvalue weighted by atomic mass is 16.6. The van der Waals surface area contributed by atoms with Crippen molar-refractivity contribution in [2.45, 2.75) is 38.8 Å². The van der Waals surface area contributed by atoms with E-state index < -0.39 is 23.7 Å². The summed E-state index contributed by atoms with van der Waals surface area (Å²) in [7, 11) is 1.24. The van der Waals surface area contributed by atoms with E-state index in [2.05, 4.69) is 15.0 Å². The van der Waals surface area contributed by atoms with Gasteiger partial charge in [-0.25, -0.2) is 14.6 Å². The Kier molecular flexibility index (Phi) is 4.91. The number of rotatable bonds is 4. The smallest absolute Gasteiger partial charge is 0.408 e. The molecule has 1 unspecified atom stereocenters. The molecule has 1 aromatic rings. The Morgan fingerprint density at radius 2 is 2.16 bits per heavy atom. The molecular formula is C12H18N2O5. The molecule has 1 rings (SSSR count). The van der Waals surface area contributed by atoms with Crippen LogP contribution in [0.3, 0.4) is 0 Å². The van der Waals surface area contributed by atoms with Crippen molar-refractivity contribution in [3.63, 3.8) is 0 Å². The van der Waals surface area contributed by atoms with Gasteiger partial charge in [-0.2, -0.15) is 0 Å². The number of nitrogens with one attached hydrogen (secondary N) is 1. The number of hydrogen-bond acceptors (Lipinski definition) is 6. The van der Waals surface area contributed by atoms with Gasteiger partial charge >= 0.3 is 12.1 Å². The van der Waals surface area contributed by atoms with Crippen LogP contribution in [0.4, 0.5) is 4.79 Å². The van der Waals surface area contributed by atoms with E-state index in [4.69, 9.17) is 9.15 Å². The van der Waals surface area contributed by atoms with Crippen molar-refractivity contribution in [2.24, 2.45) is 0 Å². The third-order valence-electron chi connectivity index (χ3n) is 2.07. The second-order valence-corrected chi connectivity index (χ2v) is 4.91. The lowest BCUT2D eigenvalue weighted by molar-refractivity contribution is -0.143. The maximum Gasteiger partial charge on any atom is 0.408 e. The summed E-state index contributed by atoms with van der Waals surface area (Å²) in [6.45, 7) is 5.20. The van der Waals surface area contributed by atoms with Crippen molar-refractivity contribution in [1.82, 2.24) is 10.3 Å². The van der Waals surface area contributed by atoms with Gasteiger partial charge in [0.25, 0.3) is 0 Å². The Labute approximate surface area is 111 Å². The maximum atomic E-state index is 11.6. The van der Waals surface area contributed by atoms with Crippen molar-refractivity contribution < 1.29 is 23.5 Å². The van der Waals surface area contributed by atoms with Crippen LogP contribution in [0.1, 0.15) is 26.5 Å². The van der Waals surface area contributed by atoms with Crippen molar-refractivity contribution >= 4 is 12.1 Å². The van der Waals surface area contributed by atoms with Crippen LogP contribution in [0.15, 0.2) is 17.1 Å². The molecule has 1 aromatic heterocycles. The number of aromatic nitrogens is 1. The first-order chi connectivity index (χ1) is 8.81. The number of nitrogens with zero attached hydrogens (tertiary/aromatic N) is 1. The Bertz CT molecular complexity index is 422. The first-order valence-electron chi connectivity index (χ1n) is 5.76. The zero-order valence-electron chi connectivity index (χ0n) is 11.4. The molecule has 1 N–H and O–H groups in total. The largest absolute Gasteiger partial charge is 0.467 e. The van der Waals surface area contributed by atoms with Crippen LogP contribution in [0, 0.1) is 0 Å². The summed E-state index contributed by atoms with van der Waals surface area (Å²) in [5.41, 5.74) is -0.106. The number of methoxy groups -OCH3 is 1. The highest BCUT2D eigenvalue weighted by Crippen LogP contribution is 2.08. The van der Waals surface area contributed by atoms with Crippen molar-refractivity contribution in [3.8, 4) is 0 Å². The minimum Gasteiger partial charge on any atom is -0.467 e. The Balaban J connectivity index is 2.65. The fourth-order valence-corrected chi connectivity index (χ4v) is 1.33. The fourth-order valence-electron chi connectivity index (χ4n) is 1.33. The maximum absolute atomic E-state index is 11.6. The minimum absolute atomic E-state index is 0.169. The predicted molar refractivity (Wildman–Crippen MR) is 65.4 cm³/mol. The molecule has 106 valence electrons. The molecule has 0 aliphatic heterocycles. The predicted octanol–water partition coefficient (Wildman–Crippen LogP) is 1.28. The third kappa shape index (κ3) is 5.41. The highest BCUT2D eigenvalue weighted by Gasteiger charge is 2.25. The zero-order chi connectivity index (χ0) is 14.5. The number of amides is 1. The van der Waals surface area contributed by atoms with E-state index in [1.54, 1.807) is 20.8 Å². The SMILES string of the molecule is COC(=O)C(Cc1cocn1)NC(=O)OC(C)(C)C. The van der Waals surface area contributed by atoms with E-state index in [1.165, 1.54) is 19.8 Å². The molecule has 7 heteroatoms. The van der Waals surface area contributed by atoms with Crippen LogP contribution in [0.25, 0.3) is 0 Å². The summed E-state index contributed by atoms with van der Waals surface area (Å²) >= 11 is 0. The average Bonchev–Trinajstić information content (AvgIpc) is 2.77. The number of esters is 1. The molecule has 1 amide bonds. The van der Waals surface area contributed by atoms with Gasteiger partial charge in [0.2, 0.25) is 0 Å². The van der Waals surface area contributed by atoms with E-state index in [9.17, 15) is 9.59 Å². The molecule has 0 saturated heterocycles. The average molecular weight is 270 g/mol. The van der Waals surface area contributed by atoms with Crippen molar-refractivity contribution in [1.29, 1.82) is 0 Å². The molecule has 0 bridgehead atoms. The topological polar surface area (TPSA) is 90.7 Å². The van der Waals surface area contributed by atoms with Gasteiger partial charge in [-0.05, 0) is 20.8 Å². The van der Waals surface area contributed by atoms with Gasteiger partial charge in [-0.3, -0.25) is 0 Å². The normalized spacial score (nSPS) is 12.6. The first kappa shape index (κ1) is 15.0. The molecule has 1 atom stereocenters. The van der Waals surface area contributed by atoms with E-state index in [0.717, 1.165) is 0 Å². The molecule has 0 fully saturated rings. The van der Waals surface area contributed by atoms with Gasteiger partial charge < -0.3 is 19.2 Å². The lowest BCUT2D eigenvalue weighted by Gasteiger charge is -2.22. The number of carbonyl (C=O) groups is 2. The fraction of sp³-hybridized carbons (Fsp3) is 0.583. The number of alkyl carbamates (subject to hydrolysis) is 1. The number of carbonyl (C=O) groups excluding carboxylic acids is 2. The van der Waals surface area contributed by atoms with Crippen LogP contribution >= 0.6 is 0 Å². The Hall–Kier alpha value is -2.05. The summed E-state index contributed by atoms with van der Waals surface area (Å²) in [6.07, 6.45) is 2.12. The molecule has 1 heterocycles. The Morgan fingerprint density at radius 3 is 2.63 bits per heavy atom. The first-order valence-corrected chi connectivity index (χ1v) is 5.76. The quantitative estimate of drug-likeness (QED) is 0.829. The van der Waals surface area contributed by atoms with E-state index in [-0.39, 0.29) is 6.42 Å².